The average molecular weight is 292 g/mol. The standard InChI is InChI=1S/C12H10ClN5O2/c1-2-20-12(19)14-9-5-7-3-4-8(13)6-10(7)18-11(9)15-16-17-18/h3-6H,2H2,1H3,(H,14,19). The van der Waals surface area contributed by atoms with Crippen LogP contribution in [0.25, 0.3) is 16.6 Å². The molecular formula is C12H10ClN5O2. The summed E-state index contributed by atoms with van der Waals surface area (Å²) in [5.41, 5.74) is 1.66. The number of amides is 1. The first-order valence-electron chi connectivity index (χ1n) is 5.93. The molecule has 0 atom stereocenters. The third kappa shape index (κ3) is 2.12. The Bertz CT molecular complexity index is 801. The Morgan fingerprint density at radius 1 is 1.45 bits per heavy atom. The fourth-order valence-corrected chi connectivity index (χ4v) is 2.10. The van der Waals surface area contributed by atoms with Crippen LogP contribution in [0.1, 0.15) is 6.92 Å². The second kappa shape index (κ2) is 4.93. The molecule has 2 aromatic heterocycles. The Morgan fingerprint density at radius 2 is 2.30 bits per heavy atom. The van der Waals surface area contributed by atoms with E-state index in [4.69, 9.17) is 16.3 Å². The van der Waals surface area contributed by atoms with E-state index in [-0.39, 0.29) is 6.61 Å². The Balaban J connectivity index is 2.18. The Kier molecular flexibility index (Phi) is 3.11. The van der Waals surface area contributed by atoms with Crippen molar-refractivity contribution in [3.63, 3.8) is 0 Å². The number of anilines is 1. The van der Waals surface area contributed by atoms with E-state index < -0.39 is 6.09 Å². The number of hydrogen-bond acceptors (Lipinski definition) is 5. The summed E-state index contributed by atoms with van der Waals surface area (Å²) in [5, 5.41) is 15.5. The fraction of sp³-hybridized carbons (Fsp3) is 0.167. The predicted molar refractivity (Wildman–Crippen MR) is 73.9 cm³/mol. The van der Waals surface area contributed by atoms with Crippen LogP contribution >= 0.6 is 11.6 Å². The molecule has 0 aliphatic carbocycles. The maximum atomic E-state index is 11.5. The molecule has 0 fully saturated rings. The number of halogens is 1. The second-order valence-corrected chi connectivity index (χ2v) is 4.46. The van der Waals surface area contributed by atoms with E-state index in [0.29, 0.717) is 16.4 Å². The van der Waals surface area contributed by atoms with Gasteiger partial charge in [0.25, 0.3) is 0 Å². The first-order valence-corrected chi connectivity index (χ1v) is 6.31. The first kappa shape index (κ1) is 12.6. The third-order valence-corrected chi connectivity index (χ3v) is 2.98. The highest BCUT2D eigenvalue weighted by atomic mass is 35.5. The number of nitrogens with zero attached hydrogens (tertiary/aromatic N) is 4. The molecule has 3 rings (SSSR count). The minimum absolute atomic E-state index is 0.288. The van der Waals surface area contributed by atoms with Crippen LogP contribution < -0.4 is 5.32 Å². The molecule has 0 aliphatic rings. The van der Waals surface area contributed by atoms with Crippen molar-refractivity contribution in [2.24, 2.45) is 0 Å². The lowest BCUT2D eigenvalue weighted by atomic mass is 10.2. The molecule has 1 N–H and O–H groups in total. The molecular weight excluding hydrogens is 282 g/mol. The predicted octanol–water partition coefficient (Wildman–Crippen LogP) is 2.50. The van der Waals surface area contributed by atoms with Gasteiger partial charge in [0, 0.05) is 10.4 Å². The Morgan fingerprint density at radius 3 is 3.10 bits per heavy atom. The minimum atomic E-state index is -0.550. The molecule has 8 heteroatoms. The number of rotatable bonds is 2. The molecule has 2 heterocycles. The molecule has 1 amide bonds. The van der Waals surface area contributed by atoms with Crippen molar-refractivity contribution >= 4 is 39.9 Å². The number of ether oxygens (including phenoxy) is 1. The molecule has 20 heavy (non-hydrogen) atoms. The van der Waals surface area contributed by atoms with Crippen molar-refractivity contribution in [3.05, 3.63) is 29.3 Å². The van der Waals surface area contributed by atoms with Gasteiger partial charge in [-0.25, -0.2) is 4.79 Å². The molecule has 0 aliphatic heterocycles. The number of hydrogen-bond donors (Lipinski definition) is 1. The summed E-state index contributed by atoms with van der Waals surface area (Å²) in [6.07, 6.45) is -0.550. The number of carbonyl (C=O) groups excluding carboxylic acids is 1. The van der Waals surface area contributed by atoms with Crippen molar-refractivity contribution in [2.75, 3.05) is 11.9 Å². The van der Waals surface area contributed by atoms with E-state index in [1.165, 1.54) is 4.52 Å². The van der Waals surface area contributed by atoms with E-state index >= 15 is 0 Å². The number of carbonyl (C=O) groups is 1. The summed E-state index contributed by atoms with van der Waals surface area (Å²) in [7, 11) is 0. The zero-order chi connectivity index (χ0) is 14.1. The summed E-state index contributed by atoms with van der Waals surface area (Å²) in [6.45, 7) is 2.02. The molecule has 0 spiro atoms. The third-order valence-electron chi connectivity index (χ3n) is 2.74. The number of pyridine rings is 1. The lowest BCUT2D eigenvalue weighted by Crippen LogP contribution is -2.14. The smallest absolute Gasteiger partial charge is 0.411 e. The first-order chi connectivity index (χ1) is 9.69. The largest absolute Gasteiger partial charge is 0.450 e. The highest BCUT2D eigenvalue weighted by Crippen LogP contribution is 2.25. The van der Waals surface area contributed by atoms with Crippen molar-refractivity contribution in [3.8, 4) is 0 Å². The van der Waals surface area contributed by atoms with Gasteiger partial charge < -0.3 is 4.74 Å². The molecule has 3 aromatic rings. The monoisotopic (exact) mass is 291 g/mol. The van der Waals surface area contributed by atoms with E-state index in [0.717, 1.165) is 10.9 Å². The summed E-state index contributed by atoms with van der Waals surface area (Å²) in [6, 6.07) is 7.12. The average Bonchev–Trinajstić information content (AvgIpc) is 2.89. The Hall–Kier alpha value is -2.41. The maximum Gasteiger partial charge on any atom is 0.411 e. The van der Waals surface area contributed by atoms with Gasteiger partial charge in [-0.15, -0.1) is 5.10 Å². The van der Waals surface area contributed by atoms with Gasteiger partial charge >= 0.3 is 6.09 Å². The molecule has 1 aromatic carbocycles. The Labute approximate surface area is 118 Å². The van der Waals surface area contributed by atoms with Gasteiger partial charge in [-0.3, -0.25) is 5.32 Å². The normalized spacial score (nSPS) is 10.9. The van der Waals surface area contributed by atoms with Gasteiger partial charge in [0.1, 0.15) is 0 Å². The van der Waals surface area contributed by atoms with Crippen LogP contribution in [0.3, 0.4) is 0 Å². The summed E-state index contributed by atoms with van der Waals surface area (Å²) >= 11 is 5.98. The van der Waals surface area contributed by atoms with Crippen LogP contribution in [-0.2, 0) is 4.74 Å². The van der Waals surface area contributed by atoms with Crippen molar-refractivity contribution in [1.82, 2.24) is 20.0 Å². The lowest BCUT2D eigenvalue weighted by Gasteiger charge is -2.08. The highest BCUT2D eigenvalue weighted by molar-refractivity contribution is 6.31. The van der Waals surface area contributed by atoms with Crippen LogP contribution in [0.5, 0.6) is 0 Å². The molecule has 0 saturated carbocycles. The van der Waals surface area contributed by atoms with E-state index in [9.17, 15) is 4.79 Å². The van der Waals surface area contributed by atoms with Crippen molar-refractivity contribution < 1.29 is 9.53 Å². The van der Waals surface area contributed by atoms with Crippen LogP contribution in [0.2, 0.25) is 5.02 Å². The molecule has 0 unspecified atom stereocenters. The van der Waals surface area contributed by atoms with E-state index in [1.807, 2.05) is 6.07 Å². The molecule has 7 nitrogen and oxygen atoms in total. The van der Waals surface area contributed by atoms with Gasteiger partial charge in [0.2, 0.25) is 5.65 Å². The van der Waals surface area contributed by atoms with Gasteiger partial charge in [-0.1, -0.05) is 17.7 Å². The van der Waals surface area contributed by atoms with Crippen LogP contribution in [-0.4, -0.2) is 32.7 Å². The second-order valence-electron chi connectivity index (χ2n) is 4.02. The quantitative estimate of drug-likeness (QED) is 0.784. The van der Waals surface area contributed by atoms with Crippen molar-refractivity contribution in [2.45, 2.75) is 6.92 Å². The summed E-state index contributed by atoms with van der Waals surface area (Å²) in [4.78, 5) is 11.5. The van der Waals surface area contributed by atoms with Crippen LogP contribution in [0.15, 0.2) is 24.3 Å². The zero-order valence-electron chi connectivity index (χ0n) is 10.5. The fourth-order valence-electron chi connectivity index (χ4n) is 1.93. The number of aromatic nitrogens is 4. The van der Waals surface area contributed by atoms with E-state index in [1.54, 1.807) is 25.1 Å². The minimum Gasteiger partial charge on any atom is -0.450 e. The van der Waals surface area contributed by atoms with Crippen molar-refractivity contribution in [1.29, 1.82) is 0 Å². The van der Waals surface area contributed by atoms with Gasteiger partial charge in [-0.05, 0) is 35.5 Å². The van der Waals surface area contributed by atoms with Gasteiger partial charge in [0.05, 0.1) is 17.8 Å². The molecule has 0 radical (unpaired) electrons. The number of benzene rings is 1. The molecule has 0 saturated heterocycles. The number of fused-ring (bicyclic) bond motifs is 3. The van der Waals surface area contributed by atoms with E-state index in [2.05, 4.69) is 20.8 Å². The van der Waals surface area contributed by atoms with Crippen LogP contribution in [0, 0.1) is 0 Å². The SMILES string of the molecule is CCOC(=O)Nc1cc2ccc(Cl)cc2n2nnnc12. The van der Waals surface area contributed by atoms with Crippen LogP contribution in [0.4, 0.5) is 10.5 Å². The lowest BCUT2D eigenvalue weighted by molar-refractivity contribution is 0.168. The topological polar surface area (TPSA) is 81.4 Å². The molecule has 102 valence electrons. The summed E-state index contributed by atoms with van der Waals surface area (Å²) in [5.74, 6) is 0. The molecule has 0 bridgehead atoms. The maximum absolute atomic E-state index is 11.5. The zero-order valence-corrected chi connectivity index (χ0v) is 11.3. The van der Waals surface area contributed by atoms with Gasteiger partial charge in [0.15, 0.2) is 0 Å². The summed E-state index contributed by atoms with van der Waals surface area (Å²) < 4.78 is 6.37. The number of nitrogens with one attached hydrogen (secondary N) is 1. The number of tetrazole rings is 1. The van der Waals surface area contributed by atoms with Gasteiger partial charge in [-0.2, -0.15) is 4.52 Å². The highest BCUT2D eigenvalue weighted by Gasteiger charge is 2.12.